The summed E-state index contributed by atoms with van der Waals surface area (Å²) in [5.74, 6) is -0.379. The zero-order valence-electron chi connectivity index (χ0n) is 21.8. The van der Waals surface area contributed by atoms with Crippen LogP contribution in [0.1, 0.15) is 81.0 Å². The molecule has 0 saturated carbocycles. The highest BCUT2D eigenvalue weighted by Gasteiger charge is 2.40. The zero-order chi connectivity index (χ0) is 25.9. The van der Waals surface area contributed by atoms with Crippen LogP contribution in [0, 0.1) is 13.8 Å². The van der Waals surface area contributed by atoms with Crippen molar-refractivity contribution in [1.82, 2.24) is 19.8 Å². The summed E-state index contributed by atoms with van der Waals surface area (Å²) in [4.78, 5) is 39.1. The lowest BCUT2D eigenvalue weighted by Crippen LogP contribution is -2.43. The summed E-state index contributed by atoms with van der Waals surface area (Å²) in [5, 5.41) is 0. The lowest BCUT2D eigenvalue weighted by Gasteiger charge is -2.45. The number of methoxy groups -OCH3 is 1. The molecule has 0 radical (unpaired) electrons. The second-order valence-corrected chi connectivity index (χ2v) is 10.0. The largest absolute Gasteiger partial charge is 0.381 e. The summed E-state index contributed by atoms with van der Waals surface area (Å²) in [6, 6.07) is 15.4. The molecule has 192 valence electrons. The maximum absolute atomic E-state index is 12.8. The molecule has 3 aromatic rings. The van der Waals surface area contributed by atoms with Crippen LogP contribution in [0.5, 0.6) is 0 Å². The van der Waals surface area contributed by atoms with E-state index < -0.39 is 0 Å². The summed E-state index contributed by atoms with van der Waals surface area (Å²) in [6.45, 7) is 5.45. The summed E-state index contributed by atoms with van der Waals surface area (Å²) < 4.78 is 5.91. The third-order valence-corrected chi connectivity index (χ3v) is 7.76. The number of hydrogen-bond acceptors (Lipinski definition) is 6. The molecule has 2 aromatic heterocycles. The minimum absolute atomic E-state index is 0.0885. The topological polar surface area (TPSA) is 75.6 Å². The number of pyridine rings is 2. The van der Waals surface area contributed by atoms with Crippen molar-refractivity contribution in [3.63, 3.8) is 0 Å². The number of unbranched alkanes of at least 4 members (excludes halogenated alkanes) is 1. The number of likely N-dealkylation sites (tertiary alicyclic amines) is 1. The van der Waals surface area contributed by atoms with Crippen LogP contribution in [0.3, 0.4) is 0 Å². The Labute approximate surface area is 218 Å². The highest BCUT2D eigenvalue weighted by molar-refractivity contribution is 6.21. The number of ether oxygens (including phenoxy) is 1. The van der Waals surface area contributed by atoms with Crippen molar-refractivity contribution in [3.05, 3.63) is 94.6 Å². The fraction of sp³-hybridized carbons (Fsp3) is 0.400. The van der Waals surface area contributed by atoms with Crippen LogP contribution in [0.2, 0.25) is 0 Å². The quantitative estimate of drug-likeness (QED) is 0.319. The Balaban J connectivity index is 1.36. The van der Waals surface area contributed by atoms with Crippen LogP contribution < -0.4 is 0 Å². The van der Waals surface area contributed by atoms with Gasteiger partial charge in [0.05, 0.1) is 40.7 Å². The number of nitrogens with zero attached hydrogens (tertiary/aromatic N) is 4. The minimum Gasteiger partial charge on any atom is -0.381 e. The third kappa shape index (κ3) is 4.93. The Morgan fingerprint density at radius 2 is 1.30 bits per heavy atom. The highest BCUT2D eigenvalue weighted by Crippen LogP contribution is 2.43. The molecule has 1 fully saturated rings. The van der Waals surface area contributed by atoms with E-state index in [-0.39, 0.29) is 30.0 Å². The van der Waals surface area contributed by atoms with Crippen molar-refractivity contribution in [3.8, 4) is 0 Å². The molecule has 1 saturated heterocycles. The maximum Gasteiger partial charge on any atom is 0.261 e. The summed E-state index contributed by atoms with van der Waals surface area (Å²) in [5.41, 5.74) is 5.48. The number of aryl methyl sites for hydroxylation is 2. The summed E-state index contributed by atoms with van der Waals surface area (Å²) in [7, 11) is 1.78. The first-order chi connectivity index (χ1) is 18.0. The van der Waals surface area contributed by atoms with Crippen molar-refractivity contribution in [2.24, 2.45) is 0 Å². The van der Waals surface area contributed by atoms with Crippen LogP contribution in [-0.4, -0.2) is 57.9 Å². The Bertz CT molecular complexity index is 1200. The molecular formula is C30H34N4O3. The number of hydrogen-bond donors (Lipinski definition) is 0. The first-order valence-electron chi connectivity index (χ1n) is 13.1. The van der Waals surface area contributed by atoms with Crippen molar-refractivity contribution in [2.75, 3.05) is 20.2 Å². The normalized spacial score (nSPS) is 21.9. The van der Waals surface area contributed by atoms with E-state index in [9.17, 15) is 9.59 Å². The van der Waals surface area contributed by atoms with Gasteiger partial charge >= 0.3 is 0 Å². The van der Waals surface area contributed by atoms with Crippen LogP contribution in [0.15, 0.2) is 60.9 Å². The average molecular weight is 499 g/mol. The van der Waals surface area contributed by atoms with E-state index in [1.165, 1.54) is 4.90 Å². The van der Waals surface area contributed by atoms with E-state index in [0.29, 0.717) is 17.7 Å². The molecule has 1 aromatic carbocycles. The van der Waals surface area contributed by atoms with Gasteiger partial charge in [-0.3, -0.25) is 29.4 Å². The van der Waals surface area contributed by atoms with Crippen LogP contribution in [0.4, 0.5) is 0 Å². The van der Waals surface area contributed by atoms with Gasteiger partial charge in [0, 0.05) is 26.0 Å². The summed E-state index contributed by atoms with van der Waals surface area (Å²) >= 11 is 0. The second kappa shape index (κ2) is 10.9. The molecule has 7 heteroatoms. The number of rotatable bonds is 8. The van der Waals surface area contributed by atoms with E-state index in [4.69, 9.17) is 14.7 Å². The predicted molar refractivity (Wildman–Crippen MR) is 141 cm³/mol. The standard InChI is InChI=1S/C30H34N4O3/c1-20-10-8-14-31-27(20)25-18-22(37-3)19-26(28-21(2)11-9-15-32-28)33(25)16-6-7-17-34-29(35)23-12-4-5-13-24(23)30(34)36/h4-5,8-15,22,25-26H,6-7,16-19H2,1-3H3/t22-,25+,26-. The summed E-state index contributed by atoms with van der Waals surface area (Å²) in [6.07, 6.45) is 7.12. The number of amides is 2. The first-order valence-corrected chi connectivity index (χ1v) is 13.1. The number of piperidine rings is 1. The van der Waals surface area contributed by atoms with Gasteiger partial charge in [-0.05, 0) is 81.5 Å². The van der Waals surface area contributed by atoms with Crippen molar-refractivity contribution >= 4 is 11.8 Å². The van der Waals surface area contributed by atoms with Crippen molar-refractivity contribution < 1.29 is 14.3 Å². The van der Waals surface area contributed by atoms with Gasteiger partial charge in [0.25, 0.3) is 11.8 Å². The number of imide groups is 1. The van der Waals surface area contributed by atoms with Crippen LogP contribution in [0.25, 0.3) is 0 Å². The molecular weight excluding hydrogens is 464 g/mol. The van der Waals surface area contributed by atoms with Crippen molar-refractivity contribution in [2.45, 2.75) is 57.7 Å². The van der Waals surface area contributed by atoms with Gasteiger partial charge in [-0.2, -0.15) is 0 Å². The number of fused-ring (bicyclic) bond motifs is 1. The molecule has 5 rings (SSSR count). The van der Waals surface area contributed by atoms with Gasteiger partial charge in [-0.25, -0.2) is 0 Å². The monoisotopic (exact) mass is 498 g/mol. The Morgan fingerprint density at radius 1 is 0.784 bits per heavy atom. The molecule has 2 aliphatic heterocycles. The molecule has 7 nitrogen and oxygen atoms in total. The SMILES string of the molecule is CO[C@H]1C[C@H](c2ncccc2C)N(CCCCN2C(=O)c3ccccc3C2=O)[C@H](c2ncccc2C)C1. The van der Waals surface area contributed by atoms with Crippen LogP contribution in [-0.2, 0) is 4.74 Å². The Kier molecular flexibility index (Phi) is 7.44. The lowest BCUT2D eigenvalue weighted by atomic mass is 9.86. The molecule has 0 spiro atoms. The van der Waals surface area contributed by atoms with E-state index in [1.54, 1.807) is 31.4 Å². The van der Waals surface area contributed by atoms with Gasteiger partial charge in [0.1, 0.15) is 0 Å². The molecule has 0 N–H and O–H groups in total. The van der Waals surface area contributed by atoms with Gasteiger partial charge in [-0.1, -0.05) is 24.3 Å². The van der Waals surface area contributed by atoms with Gasteiger partial charge in [-0.15, -0.1) is 0 Å². The Hall–Kier alpha value is -3.42. The van der Waals surface area contributed by atoms with Gasteiger partial charge in [0.15, 0.2) is 0 Å². The molecule has 0 unspecified atom stereocenters. The number of aromatic nitrogens is 2. The number of benzene rings is 1. The van der Waals surface area contributed by atoms with Crippen LogP contribution >= 0.6 is 0 Å². The molecule has 37 heavy (non-hydrogen) atoms. The molecule has 3 atom stereocenters. The highest BCUT2D eigenvalue weighted by atomic mass is 16.5. The average Bonchev–Trinajstić information content (AvgIpc) is 3.16. The molecule has 4 heterocycles. The van der Waals surface area contributed by atoms with Crippen molar-refractivity contribution in [1.29, 1.82) is 0 Å². The molecule has 2 amide bonds. The Morgan fingerprint density at radius 3 is 1.78 bits per heavy atom. The minimum atomic E-state index is -0.189. The predicted octanol–water partition coefficient (Wildman–Crippen LogP) is 5.06. The maximum atomic E-state index is 12.8. The van der Waals surface area contributed by atoms with E-state index in [2.05, 4.69) is 30.9 Å². The molecule has 2 aliphatic rings. The van der Waals surface area contributed by atoms with E-state index in [0.717, 1.165) is 54.7 Å². The molecule has 0 bridgehead atoms. The second-order valence-electron chi connectivity index (χ2n) is 10.0. The van der Waals surface area contributed by atoms with Gasteiger partial charge < -0.3 is 4.74 Å². The fourth-order valence-electron chi connectivity index (χ4n) is 5.82. The first kappa shape index (κ1) is 25.2. The van der Waals surface area contributed by atoms with E-state index in [1.807, 2.05) is 24.5 Å². The lowest BCUT2D eigenvalue weighted by molar-refractivity contribution is -0.0279. The van der Waals surface area contributed by atoms with E-state index >= 15 is 0 Å². The number of carbonyl (C=O) groups is 2. The van der Waals surface area contributed by atoms with Gasteiger partial charge in [0.2, 0.25) is 0 Å². The zero-order valence-corrected chi connectivity index (χ0v) is 21.8. The molecule has 0 aliphatic carbocycles. The fourth-order valence-corrected chi connectivity index (χ4v) is 5.82. The third-order valence-electron chi connectivity index (χ3n) is 7.76. The number of carbonyl (C=O) groups excluding carboxylic acids is 2. The smallest absolute Gasteiger partial charge is 0.261 e.